The van der Waals surface area contributed by atoms with Gasteiger partial charge < -0.3 is 20.4 Å². The predicted octanol–water partition coefficient (Wildman–Crippen LogP) is 5.86. The molecule has 34 heavy (non-hydrogen) atoms. The van der Waals surface area contributed by atoms with Gasteiger partial charge in [0.25, 0.3) is 0 Å². The third kappa shape index (κ3) is 5.34. The van der Waals surface area contributed by atoms with Crippen LogP contribution in [-0.2, 0) is 4.79 Å². The lowest BCUT2D eigenvalue weighted by Crippen LogP contribution is -2.05. The Morgan fingerprint density at radius 1 is 0.441 bits per heavy atom. The zero-order valence-electron chi connectivity index (χ0n) is 18.1. The highest BCUT2D eigenvalue weighted by Gasteiger charge is 2.19. The van der Waals surface area contributed by atoms with Gasteiger partial charge >= 0.3 is 0 Å². The van der Waals surface area contributed by atoms with Gasteiger partial charge in [0.05, 0.1) is 0 Å². The molecule has 0 aliphatic carbocycles. The number of Topliss-reactive ketones (excluding diaryl/α,β-unsaturated/α-hetero) is 1. The highest BCUT2D eigenvalue weighted by Crippen LogP contribution is 2.31. The number of carbonyl (C=O) groups is 1. The zero-order chi connectivity index (χ0) is 24.1. The molecule has 4 aromatic rings. The second-order valence-corrected chi connectivity index (χ2v) is 7.72. The summed E-state index contributed by atoms with van der Waals surface area (Å²) in [5, 5.41) is 38.7. The molecule has 0 aliphatic rings. The van der Waals surface area contributed by atoms with E-state index in [0.717, 1.165) is 0 Å². The molecular weight excluding hydrogens is 428 g/mol. The highest BCUT2D eigenvalue weighted by molar-refractivity contribution is 6.46. The average Bonchev–Trinajstić information content (AvgIpc) is 2.84. The van der Waals surface area contributed by atoms with Gasteiger partial charge in [-0.3, -0.25) is 4.79 Å². The summed E-state index contributed by atoms with van der Waals surface area (Å²) >= 11 is 0. The second kappa shape index (κ2) is 9.79. The number of rotatable bonds is 6. The van der Waals surface area contributed by atoms with Crippen LogP contribution in [0.5, 0.6) is 23.0 Å². The molecule has 0 heterocycles. The summed E-state index contributed by atoms with van der Waals surface area (Å²) in [5.41, 5.74) is 3.39. The summed E-state index contributed by atoms with van der Waals surface area (Å²) in [6.45, 7) is 0. The number of hydrogen-bond donors (Lipinski definition) is 4. The maximum Gasteiger partial charge on any atom is 0.194 e. The summed E-state index contributed by atoms with van der Waals surface area (Å²) < 4.78 is 0. The maximum atomic E-state index is 14.0. The zero-order valence-corrected chi connectivity index (χ0v) is 18.1. The number of allylic oxidation sites excluding steroid dienone is 2. The molecule has 5 heteroatoms. The fraction of sp³-hybridized carbons (Fsp3) is 0. The van der Waals surface area contributed by atoms with Crippen LogP contribution in [0.2, 0.25) is 0 Å². The topological polar surface area (TPSA) is 98.0 Å². The first-order chi connectivity index (χ1) is 16.4. The third-order valence-electron chi connectivity index (χ3n) is 5.25. The molecule has 5 nitrogen and oxygen atoms in total. The van der Waals surface area contributed by atoms with Gasteiger partial charge in [-0.05, 0) is 82.9 Å². The van der Waals surface area contributed by atoms with Crippen LogP contribution >= 0.6 is 0 Å². The van der Waals surface area contributed by atoms with Gasteiger partial charge in [-0.1, -0.05) is 48.5 Å². The molecule has 4 N–H and O–H groups in total. The van der Waals surface area contributed by atoms with E-state index in [-0.39, 0.29) is 28.8 Å². The van der Waals surface area contributed by atoms with Crippen molar-refractivity contribution in [3.05, 3.63) is 119 Å². The van der Waals surface area contributed by atoms with Gasteiger partial charge in [-0.2, -0.15) is 0 Å². The van der Waals surface area contributed by atoms with Gasteiger partial charge in [-0.15, -0.1) is 0 Å². The molecule has 0 fully saturated rings. The van der Waals surface area contributed by atoms with Crippen LogP contribution in [0.1, 0.15) is 22.3 Å². The van der Waals surface area contributed by atoms with E-state index in [0.29, 0.717) is 33.4 Å². The standard InChI is InChI=1S/C29H22O5/c30-23-9-1-19(2-10-23)17-27(21-5-13-25(32)14-6-21)29(34)28(22-7-15-26(33)16-8-22)18-20-3-11-24(31)12-4-20/h1-18,30-33H. The monoisotopic (exact) mass is 450 g/mol. The summed E-state index contributed by atoms with van der Waals surface area (Å²) in [7, 11) is 0. The van der Waals surface area contributed by atoms with Gasteiger partial charge in [-0.25, -0.2) is 0 Å². The Kier molecular flexibility index (Phi) is 6.46. The van der Waals surface area contributed by atoms with Crippen LogP contribution in [0.15, 0.2) is 97.1 Å². The lowest BCUT2D eigenvalue weighted by Gasteiger charge is -2.13. The molecule has 4 aromatic carbocycles. The van der Waals surface area contributed by atoms with Crippen LogP contribution < -0.4 is 0 Å². The van der Waals surface area contributed by atoms with Crippen molar-refractivity contribution in [1.82, 2.24) is 0 Å². The first kappa shape index (κ1) is 22.4. The van der Waals surface area contributed by atoms with E-state index in [1.54, 1.807) is 60.7 Å². The van der Waals surface area contributed by atoms with Crippen molar-refractivity contribution in [2.75, 3.05) is 0 Å². The lowest BCUT2D eigenvalue weighted by atomic mass is 9.90. The maximum absolute atomic E-state index is 14.0. The molecular formula is C29H22O5. The summed E-state index contributed by atoms with van der Waals surface area (Å²) in [5.74, 6) is 0.119. The fourth-order valence-electron chi connectivity index (χ4n) is 3.46. The minimum Gasteiger partial charge on any atom is -0.508 e. The third-order valence-corrected chi connectivity index (χ3v) is 5.25. The molecule has 0 amide bonds. The molecule has 0 saturated heterocycles. The predicted molar refractivity (Wildman–Crippen MR) is 133 cm³/mol. The van der Waals surface area contributed by atoms with Crippen molar-refractivity contribution in [2.24, 2.45) is 0 Å². The fourth-order valence-corrected chi connectivity index (χ4v) is 3.46. The Bertz CT molecular complexity index is 1240. The van der Waals surface area contributed by atoms with E-state index in [1.807, 2.05) is 0 Å². The molecule has 0 radical (unpaired) electrons. The second-order valence-electron chi connectivity index (χ2n) is 7.72. The SMILES string of the molecule is O=C(C(=Cc1ccc(O)cc1)c1ccc(O)cc1)C(=Cc1ccc(O)cc1)c1ccc(O)cc1. The number of ketones is 1. The van der Waals surface area contributed by atoms with E-state index in [1.165, 1.54) is 48.5 Å². The van der Waals surface area contributed by atoms with Crippen molar-refractivity contribution < 1.29 is 25.2 Å². The van der Waals surface area contributed by atoms with Gasteiger partial charge in [0.2, 0.25) is 0 Å². The summed E-state index contributed by atoms with van der Waals surface area (Å²) in [4.78, 5) is 14.0. The Labute approximate surface area is 196 Å². The molecule has 168 valence electrons. The van der Waals surface area contributed by atoms with Gasteiger partial charge in [0, 0.05) is 11.1 Å². The number of phenolic OH excluding ortho intramolecular Hbond substituents is 4. The minimum atomic E-state index is -0.280. The van der Waals surface area contributed by atoms with Crippen molar-refractivity contribution >= 4 is 29.1 Å². The van der Waals surface area contributed by atoms with E-state index in [2.05, 4.69) is 0 Å². The summed E-state index contributed by atoms with van der Waals surface area (Å²) in [6.07, 6.45) is 3.44. The normalized spacial score (nSPS) is 11.9. The Morgan fingerprint density at radius 2 is 0.706 bits per heavy atom. The molecule has 0 aliphatic heterocycles. The smallest absolute Gasteiger partial charge is 0.194 e. The van der Waals surface area contributed by atoms with Crippen molar-refractivity contribution in [3.8, 4) is 23.0 Å². The summed E-state index contributed by atoms with van der Waals surface area (Å²) in [6, 6.07) is 25.7. The van der Waals surface area contributed by atoms with E-state index < -0.39 is 0 Å². The number of benzene rings is 4. The Hall–Kier alpha value is -4.77. The van der Waals surface area contributed by atoms with E-state index >= 15 is 0 Å². The largest absolute Gasteiger partial charge is 0.508 e. The van der Waals surface area contributed by atoms with Gasteiger partial charge in [0.15, 0.2) is 5.78 Å². The average molecular weight is 450 g/mol. The molecule has 0 aromatic heterocycles. The van der Waals surface area contributed by atoms with Crippen LogP contribution in [-0.4, -0.2) is 26.2 Å². The Balaban J connectivity index is 1.88. The van der Waals surface area contributed by atoms with Gasteiger partial charge in [0.1, 0.15) is 23.0 Å². The Morgan fingerprint density at radius 3 is 1.00 bits per heavy atom. The van der Waals surface area contributed by atoms with E-state index in [4.69, 9.17) is 0 Å². The number of phenols is 4. The highest BCUT2D eigenvalue weighted by atomic mass is 16.3. The number of carbonyl (C=O) groups excluding carboxylic acids is 1. The molecule has 0 atom stereocenters. The van der Waals surface area contributed by atoms with Crippen molar-refractivity contribution in [2.45, 2.75) is 0 Å². The molecule has 0 unspecified atom stereocenters. The number of hydrogen-bond acceptors (Lipinski definition) is 5. The van der Waals surface area contributed by atoms with Crippen LogP contribution in [0.3, 0.4) is 0 Å². The van der Waals surface area contributed by atoms with Crippen LogP contribution in [0.4, 0.5) is 0 Å². The van der Waals surface area contributed by atoms with Crippen LogP contribution in [0.25, 0.3) is 23.3 Å². The van der Waals surface area contributed by atoms with Crippen molar-refractivity contribution in [1.29, 1.82) is 0 Å². The number of aromatic hydroxyl groups is 4. The molecule has 0 saturated carbocycles. The first-order valence-corrected chi connectivity index (χ1v) is 10.5. The molecule has 4 rings (SSSR count). The molecule has 0 spiro atoms. The quantitative estimate of drug-likeness (QED) is 0.218. The van der Waals surface area contributed by atoms with Crippen LogP contribution in [0, 0.1) is 0 Å². The lowest BCUT2D eigenvalue weighted by molar-refractivity contribution is -0.108. The van der Waals surface area contributed by atoms with E-state index in [9.17, 15) is 25.2 Å². The molecule has 0 bridgehead atoms. The minimum absolute atomic E-state index is 0.0820. The van der Waals surface area contributed by atoms with Crippen molar-refractivity contribution in [3.63, 3.8) is 0 Å². The first-order valence-electron chi connectivity index (χ1n) is 10.5.